The first-order valence-corrected chi connectivity index (χ1v) is 4.27. The summed E-state index contributed by atoms with van der Waals surface area (Å²) in [4.78, 5) is 15.0. The summed E-state index contributed by atoms with van der Waals surface area (Å²) in [7, 11) is 0. The molecule has 4 nitrogen and oxygen atoms in total. The third-order valence-electron chi connectivity index (χ3n) is 2.13. The SMILES string of the molecule is CC(=O)NCn1c(C)nc(C)c1C. The van der Waals surface area contributed by atoms with E-state index < -0.39 is 0 Å². The number of hydrogen-bond acceptors (Lipinski definition) is 2. The van der Waals surface area contributed by atoms with Crippen LogP contribution in [0.15, 0.2) is 0 Å². The highest BCUT2D eigenvalue weighted by Crippen LogP contribution is 2.07. The van der Waals surface area contributed by atoms with Gasteiger partial charge in [-0.05, 0) is 20.8 Å². The number of nitrogens with zero attached hydrogens (tertiary/aromatic N) is 2. The summed E-state index contributed by atoms with van der Waals surface area (Å²) in [5, 5.41) is 2.74. The van der Waals surface area contributed by atoms with Crippen molar-refractivity contribution in [1.29, 1.82) is 0 Å². The minimum Gasteiger partial charge on any atom is -0.338 e. The van der Waals surface area contributed by atoms with Crippen molar-refractivity contribution in [2.45, 2.75) is 34.4 Å². The van der Waals surface area contributed by atoms with Crippen LogP contribution in [0.3, 0.4) is 0 Å². The van der Waals surface area contributed by atoms with Crippen molar-refractivity contribution in [1.82, 2.24) is 14.9 Å². The maximum atomic E-state index is 10.7. The standard InChI is InChI=1S/C9H15N3O/c1-6-7(2)12(8(3)11-6)5-10-9(4)13/h5H2,1-4H3,(H,10,13). The molecule has 0 fully saturated rings. The smallest absolute Gasteiger partial charge is 0.218 e. The fourth-order valence-electron chi connectivity index (χ4n) is 1.25. The maximum absolute atomic E-state index is 10.7. The van der Waals surface area contributed by atoms with Crippen LogP contribution in [-0.2, 0) is 11.5 Å². The quantitative estimate of drug-likeness (QED) is 0.737. The minimum absolute atomic E-state index is 0.0230. The molecular weight excluding hydrogens is 166 g/mol. The highest BCUT2D eigenvalue weighted by atomic mass is 16.1. The van der Waals surface area contributed by atoms with E-state index in [1.807, 2.05) is 25.3 Å². The molecule has 1 rings (SSSR count). The molecule has 0 aliphatic rings. The lowest BCUT2D eigenvalue weighted by atomic mass is 10.4. The Bertz CT molecular complexity index is 328. The molecule has 0 saturated heterocycles. The first kappa shape index (κ1) is 9.77. The molecule has 0 saturated carbocycles. The Balaban J connectivity index is 2.81. The summed E-state index contributed by atoms with van der Waals surface area (Å²) >= 11 is 0. The summed E-state index contributed by atoms with van der Waals surface area (Å²) in [6.45, 7) is 7.91. The lowest BCUT2D eigenvalue weighted by Crippen LogP contribution is -2.24. The number of nitrogens with one attached hydrogen (secondary N) is 1. The van der Waals surface area contributed by atoms with E-state index in [0.29, 0.717) is 6.67 Å². The molecule has 1 N–H and O–H groups in total. The molecule has 72 valence electrons. The van der Waals surface area contributed by atoms with Crippen LogP contribution in [0.2, 0.25) is 0 Å². The lowest BCUT2D eigenvalue weighted by molar-refractivity contribution is -0.119. The monoisotopic (exact) mass is 181 g/mol. The van der Waals surface area contributed by atoms with Gasteiger partial charge in [0.15, 0.2) is 0 Å². The molecule has 4 heteroatoms. The highest BCUT2D eigenvalue weighted by Gasteiger charge is 2.06. The predicted octanol–water partition coefficient (Wildman–Crippen LogP) is 0.902. The molecule has 0 unspecified atom stereocenters. The zero-order chi connectivity index (χ0) is 10.0. The van der Waals surface area contributed by atoms with Crippen LogP contribution in [0.1, 0.15) is 24.1 Å². The molecule has 0 aromatic carbocycles. The van der Waals surface area contributed by atoms with Gasteiger partial charge in [-0.25, -0.2) is 4.98 Å². The molecule has 0 aliphatic heterocycles. The number of aromatic nitrogens is 2. The molecule has 1 amide bonds. The Morgan fingerprint density at radius 3 is 2.46 bits per heavy atom. The molecule has 0 aliphatic carbocycles. The molecule has 13 heavy (non-hydrogen) atoms. The third kappa shape index (κ3) is 2.08. The fraction of sp³-hybridized carbons (Fsp3) is 0.556. The largest absolute Gasteiger partial charge is 0.338 e. The predicted molar refractivity (Wildman–Crippen MR) is 50.3 cm³/mol. The molecule has 0 atom stereocenters. The second-order valence-electron chi connectivity index (χ2n) is 3.15. The normalized spacial score (nSPS) is 10.2. The van der Waals surface area contributed by atoms with Crippen LogP contribution in [0.25, 0.3) is 0 Å². The topological polar surface area (TPSA) is 46.9 Å². The summed E-state index contributed by atoms with van der Waals surface area (Å²) < 4.78 is 1.98. The number of imidazole rings is 1. The van der Waals surface area contributed by atoms with Crippen molar-refractivity contribution in [2.24, 2.45) is 0 Å². The Morgan fingerprint density at radius 1 is 1.46 bits per heavy atom. The Kier molecular flexibility index (Phi) is 2.70. The molecular formula is C9H15N3O. The van der Waals surface area contributed by atoms with Crippen molar-refractivity contribution in [3.05, 3.63) is 17.2 Å². The van der Waals surface area contributed by atoms with Crippen LogP contribution >= 0.6 is 0 Å². The second kappa shape index (κ2) is 3.60. The number of carbonyl (C=O) groups is 1. The molecule has 1 aromatic heterocycles. The van der Waals surface area contributed by atoms with E-state index in [-0.39, 0.29) is 5.91 Å². The van der Waals surface area contributed by atoms with E-state index in [1.54, 1.807) is 0 Å². The van der Waals surface area contributed by atoms with Crippen LogP contribution in [0.4, 0.5) is 0 Å². The molecule has 0 spiro atoms. The lowest BCUT2D eigenvalue weighted by Gasteiger charge is -2.07. The molecule has 1 heterocycles. The minimum atomic E-state index is -0.0230. The average Bonchev–Trinajstić information content (AvgIpc) is 2.24. The number of carbonyl (C=O) groups excluding carboxylic acids is 1. The zero-order valence-corrected chi connectivity index (χ0v) is 8.51. The van der Waals surface area contributed by atoms with Gasteiger partial charge in [0.2, 0.25) is 5.91 Å². The molecule has 0 radical (unpaired) electrons. The van der Waals surface area contributed by atoms with Gasteiger partial charge in [0.25, 0.3) is 0 Å². The first-order valence-electron chi connectivity index (χ1n) is 4.27. The van der Waals surface area contributed by atoms with Crippen molar-refractivity contribution < 1.29 is 4.79 Å². The van der Waals surface area contributed by atoms with Gasteiger partial charge in [0.05, 0.1) is 12.4 Å². The van der Waals surface area contributed by atoms with Gasteiger partial charge in [-0.1, -0.05) is 0 Å². The van der Waals surface area contributed by atoms with Gasteiger partial charge < -0.3 is 9.88 Å². The van der Waals surface area contributed by atoms with Gasteiger partial charge in [-0.3, -0.25) is 4.79 Å². The van der Waals surface area contributed by atoms with Gasteiger partial charge >= 0.3 is 0 Å². The van der Waals surface area contributed by atoms with Crippen LogP contribution in [0, 0.1) is 20.8 Å². The zero-order valence-electron chi connectivity index (χ0n) is 8.51. The Hall–Kier alpha value is -1.32. The summed E-state index contributed by atoms with van der Waals surface area (Å²) in [6.07, 6.45) is 0. The van der Waals surface area contributed by atoms with Gasteiger partial charge in [0, 0.05) is 12.6 Å². The van der Waals surface area contributed by atoms with E-state index in [4.69, 9.17) is 0 Å². The van der Waals surface area contributed by atoms with Crippen molar-refractivity contribution in [2.75, 3.05) is 0 Å². The highest BCUT2D eigenvalue weighted by molar-refractivity contribution is 5.72. The van der Waals surface area contributed by atoms with Crippen LogP contribution in [-0.4, -0.2) is 15.5 Å². The van der Waals surface area contributed by atoms with Crippen molar-refractivity contribution >= 4 is 5.91 Å². The van der Waals surface area contributed by atoms with Crippen LogP contribution in [0.5, 0.6) is 0 Å². The van der Waals surface area contributed by atoms with Gasteiger partial charge in [-0.15, -0.1) is 0 Å². The summed E-state index contributed by atoms with van der Waals surface area (Å²) in [5.74, 6) is 0.911. The van der Waals surface area contributed by atoms with Crippen molar-refractivity contribution in [3.8, 4) is 0 Å². The number of amides is 1. The van der Waals surface area contributed by atoms with Crippen LogP contribution < -0.4 is 5.32 Å². The second-order valence-corrected chi connectivity index (χ2v) is 3.15. The fourth-order valence-corrected chi connectivity index (χ4v) is 1.25. The molecule has 1 aromatic rings. The molecule has 0 bridgehead atoms. The Labute approximate surface area is 78.0 Å². The van der Waals surface area contributed by atoms with E-state index in [1.165, 1.54) is 6.92 Å². The summed E-state index contributed by atoms with van der Waals surface area (Å²) in [5.41, 5.74) is 2.12. The van der Waals surface area contributed by atoms with E-state index in [9.17, 15) is 4.79 Å². The first-order chi connectivity index (χ1) is 6.02. The van der Waals surface area contributed by atoms with Gasteiger partial charge in [-0.2, -0.15) is 0 Å². The van der Waals surface area contributed by atoms with Gasteiger partial charge in [0.1, 0.15) is 5.82 Å². The average molecular weight is 181 g/mol. The van der Waals surface area contributed by atoms with E-state index >= 15 is 0 Å². The maximum Gasteiger partial charge on any atom is 0.218 e. The summed E-state index contributed by atoms with van der Waals surface area (Å²) in [6, 6.07) is 0. The Morgan fingerprint density at radius 2 is 2.08 bits per heavy atom. The van der Waals surface area contributed by atoms with E-state index in [2.05, 4.69) is 10.3 Å². The number of hydrogen-bond donors (Lipinski definition) is 1. The van der Waals surface area contributed by atoms with E-state index in [0.717, 1.165) is 17.2 Å². The van der Waals surface area contributed by atoms with Crippen molar-refractivity contribution in [3.63, 3.8) is 0 Å². The number of rotatable bonds is 2. The third-order valence-corrected chi connectivity index (χ3v) is 2.13. The number of aryl methyl sites for hydroxylation is 2.